The monoisotopic (exact) mass is 998 g/mol. The van der Waals surface area contributed by atoms with Gasteiger partial charge in [0.05, 0.1) is 51.2 Å². The molecule has 0 aliphatic heterocycles. The Labute approximate surface area is 370 Å². The minimum absolute atomic E-state index is 0.00904. The number of nitrogens with zero attached hydrogens (tertiary/aromatic N) is 1. The van der Waals surface area contributed by atoms with Crippen molar-refractivity contribution in [2.75, 3.05) is 0 Å². The van der Waals surface area contributed by atoms with Crippen LogP contribution in [-0.2, 0) is 0 Å². The Morgan fingerprint density at radius 3 is 1.08 bits per heavy atom. The molecule has 0 radical (unpaired) electrons. The molecule has 2 saturated carbocycles. The second kappa shape index (κ2) is 21.4. The molecule has 20 heteroatoms. The smallest absolute Gasteiger partial charge is 0.290 e. The molecule has 3 aromatic rings. The van der Waals surface area contributed by atoms with Crippen LogP contribution in [0.25, 0.3) is 0 Å². The van der Waals surface area contributed by atoms with Crippen molar-refractivity contribution in [3.05, 3.63) is 75.3 Å². The first-order valence-electron chi connectivity index (χ1n) is 14.8. The SMILES string of the molecule is Clc1c(Cl)c(Cl)c(OC(=NC2CCCCC2)NC2CCCCC2)c(Cl)c1Cl.Oc1c(Cl)c(Cl)c(Cl)c(Cl)c1Cl.Oc1c(Cl)c(Cl)c(Cl)c(Cl)c1Cl. The topological polar surface area (TPSA) is 74.1 Å². The molecular formula is C31H25Cl15N2O3. The average Bonchev–Trinajstić information content (AvgIpc) is 3.14. The van der Waals surface area contributed by atoms with Gasteiger partial charge in [-0.05, 0) is 25.7 Å². The lowest BCUT2D eigenvalue weighted by Gasteiger charge is -2.26. The van der Waals surface area contributed by atoms with Gasteiger partial charge in [-0.3, -0.25) is 0 Å². The van der Waals surface area contributed by atoms with Gasteiger partial charge in [-0.1, -0.05) is 213 Å². The van der Waals surface area contributed by atoms with E-state index < -0.39 is 0 Å². The number of rotatable bonds is 3. The van der Waals surface area contributed by atoms with Crippen LogP contribution >= 0.6 is 174 Å². The molecule has 2 aliphatic carbocycles. The Hall–Kier alpha value is 0.880. The van der Waals surface area contributed by atoms with Crippen LogP contribution in [0, 0.1) is 0 Å². The highest BCUT2D eigenvalue weighted by molar-refractivity contribution is 6.57. The van der Waals surface area contributed by atoms with Crippen LogP contribution in [0.3, 0.4) is 0 Å². The summed E-state index contributed by atoms with van der Waals surface area (Å²) in [5, 5.41) is 22.1. The lowest BCUT2D eigenvalue weighted by Crippen LogP contribution is -2.40. The maximum atomic E-state index is 9.20. The lowest BCUT2D eigenvalue weighted by atomic mass is 9.95. The summed E-state index contributed by atoms with van der Waals surface area (Å²) >= 11 is 86.9. The van der Waals surface area contributed by atoms with Crippen LogP contribution < -0.4 is 10.1 Å². The van der Waals surface area contributed by atoms with E-state index in [1.807, 2.05) is 0 Å². The van der Waals surface area contributed by atoms with Gasteiger partial charge in [0, 0.05) is 6.04 Å². The zero-order valence-corrected chi connectivity index (χ0v) is 37.0. The van der Waals surface area contributed by atoms with E-state index >= 15 is 0 Å². The summed E-state index contributed by atoms with van der Waals surface area (Å²) in [5.41, 5.74) is 0. The van der Waals surface area contributed by atoms with E-state index in [0.717, 1.165) is 25.7 Å². The maximum Gasteiger partial charge on any atom is 0.290 e. The van der Waals surface area contributed by atoms with Crippen molar-refractivity contribution >= 4 is 180 Å². The first-order chi connectivity index (χ1) is 23.9. The number of hydrogen-bond acceptors (Lipinski definition) is 4. The molecule has 0 saturated heterocycles. The first-order valence-corrected chi connectivity index (χ1v) is 20.5. The van der Waals surface area contributed by atoms with E-state index in [9.17, 15) is 10.2 Å². The molecule has 0 aromatic heterocycles. The molecule has 0 bridgehead atoms. The number of benzene rings is 3. The van der Waals surface area contributed by atoms with E-state index in [0.29, 0.717) is 12.1 Å². The third-order valence-electron chi connectivity index (χ3n) is 7.55. The van der Waals surface area contributed by atoms with E-state index in [4.69, 9.17) is 184 Å². The molecule has 282 valence electrons. The highest BCUT2D eigenvalue weighted by atomic mass is 35.5. The molecule has 3 aromatic carbocycles. The molecule has 0 spiro atoms. The molecule has 0 atom stereocenters. The summed E-state index contributed by atoms with van der Waals surface area (Å²) in [4.78, 5) is 4.84. The van der Waals surface area contributed by atoms with Crippen molar-refractivity contribution in [2.45, 2.75) is 76.3 Å². The molecule has 2 aliphatic rings. The summed E-state index contributed by atoms with van der Waals surface area (Å²) in [6.07, 6.45) is 11.6. The van der Waals surface area contributed by atoms with Gasteiger partial charge in [0.15, 0.2) is 17.2 Å². The molecule has 0 amide bonds. The Morgan fingerprint density at radius 1 is 0.431 bits per heavy atom. The molecule has 51 heavy (non-hydrogen) atoms. The Bertz CT molecular complexity index is 1460. The minimum Gasteiger partial charge on any atom is -0.505 e. The zero-order valence-electron chi connectivity index (χ0n) is 25.6. The molecule has 2 fully saturated rings. The van der Waals surface area contributed by atoms with Gasteiger partial charge in [0.25, 0.3) is 6.02 Å². The van der Waals surface area contributed by atoms with Gasteiger partial charge in [0.1, 0.15) is 30.1 Å². The second-order valence-corrected chi connectivity index (χ2v) is 16.7. The number of phenolic OH excluding ortho intramolecular Hbond substituents is 2. The van der Waals surface area contributed by atoms with Crippen LogP contribution in [-0.4, -0.2) is 28.3 Å². The van der Waals surface area contributed by atoms with Gasteiger partial charge < -0.3 is 20.3 Å². The summed E-state index contributed by atoms with van der Waals surface area (Å²) in [5.74, 6) is -0.536. The van der Waals surface area contributed by atoms with Crippen molar-refractivity contribution in [2.24, 2.45) is 4.99 Å². The number of nitrogens with one attached hydrogen (secondary N) is 1. The average molecular weight is 1010 g/mol. The fraction of sp³-hybridized carbons (Fsp3) is 0.387. The van der Waals surface area contributed by atoms with Crippen molar-refractivity contribution in [1.29, 1.82) is 0 Å². The van der Waals surface area contributed by atoms with Gasteiger partial charge in [-0.15, -0.1) is 0 Å². The zero-order chi connectivity index (χ0) is 38.3. The highest BCUT2D eigenvalue weighted by Gasteiger charge is 2.25. The van der Waals surface area contributed by atoms with E-state index in [1.165, 1.54) is 38.5 Å². The second-order valence-electron chi connectivity index (χ2n) is 11.0. The summed E-state index contributed by atoms with van der Waals surface area (Å²) < 4.78 is 6.05. The number of ether oxygens (including phenoxy) is 1. The summed E-state index contributed by atoms with van der Waals surface area (Å²) in [7, 11) is 0. The number of phenols is 2. The first kappa shape index (κ1) is 46.3. The van der Waals surface area contributed by atoms with E-state index in [-0.39, 0.29) is 98.6 Å². The van der Waals surface area contributed by atoms with Gasteiger partial charge in [0.2, 0.25) is 0 Å². The maximum absolute atomic E-state index is 9.20. The minimum atomic E-state index is -0.363. The Balaban J connectivity index is 0.000000242. The number of aliphatic imine (C=N–C) groups is 1. The van der Waals surface area contributed by atoms with E-state index in [1.54, 1.807) is 0 Å². The van der Waals surface area contributed by atoms with Gasteiger partial charge in [-0.2, -0.15) is 0 Å². The van der Waals surface area contributed by atoms with Gasteiger partial charge in [-0.25, -0.2) is 4.99 Å². The highest BCUT2D eigenvalue weighted by Crippen LogP contribution is 2.50. The standard InChI is InChI=1S/C19H23Cl5N2O.2C6HCl5O/c20-13-14(21)16(23)18(17(24)15(13)22)27-19(25-11-7-3-1-4-8-11)26-12-9-5-2-6-10-12;2*7-1-2(8)4(10)6(12)5(11)3(1)9/h11-12H,1-10H2,(H,25,26);2*12H. The predicted octanol–water partition coefficient (Wildman–Crippen LogP) is 17.3. The normalized spacial score (nSPS) is 15.5. The molecular weight excluding hydrogens is 980 g/mol. The van der Waals surface area contributed by atoms with Crippen molar-refractivity contribution in [3.63, 3.8) is 0 Å². The largest absolute Gasteiger partial charge is 0.505 e. The third-order valence-corrected chi connectivity index (χ3v) is 14.3. The van der Waals surface area contributed by atoms with Crippen molar-refractivity contribution in [1.82, 2.24) is 5.32 Å². The summed E-state index contributed by atoms with van der Waals surface area (Å²) in [6, 6.07) is 1.00. The number of hydrogen-bond donors (Lipinski definition) is 3. The van der Waals surface area contributed by atoms with Crippen LogP contribution in [0.2, 0.25) is 75.3 Å². The van der Waals surface area contributed by atoms with E-state index in [2.05, 4.69) is 5.32 Å². The van der Waals surface area contributed by atoms with Crippen LogP contribution in [0.5, 0.6) is 17.2 Å². The predicted molar refractivity (Wildman–Crippen MR) is 223 cm³/mol. The van der Waals surface area contributed by atoms with Crippen LogP contribution in [0.1, 0.15) is 64.2 Å². The Morgan fingerprint density at radius 2 is 0.725 bits per heavy atom. The fourth-order valence-corrected chi connectivity index (χ4v) is 8.30. The van der Waals surface area contributed by atoms with Crippen LogP contribution in [0.4, 0.5) is 0 Å². The molecule has 3 N–H and O–H groups in total. The van der Waals surface area contributed by atoms with Crippen LogP contribution in [0.15, 0.2) is 4.99 Å². The number of amidine groups is 1. The van der Waals surface area contributed by atoms with Crippen molar-refractivity contribution in [3.8, 4) is 17.2 Å². The summed E-state index contributed by atoms with van der Waals surface area (Å²) in [6.45, 7) is 0. The lowest BCUT2D eigenvalue weighted by molar-refractivity contribution is 0.379. The molecule has 5 rings (SSSR count). The number of halogens is 15. The molecule has 0 heterocycles. The fourth-order valence-electron chi connectivity index (χ4n) is 4.85. The molecule has 0 unspecified atom stereocenters. The third kappa shape index (κ3) is 11.9. The number of aromatic hydroxyl groups is 2. The Kier molecular flexibility index (Phi) is 19.4. The van der Waals surface area contributed by atoms with Crippen molar-refractivity contribution < 1.29 is 14.9 Å². The quantitative estimate of drug-likeness (QED) is 0.106. The van der Waals surface area contributed by atoms with Gasteiger partial charge >= 0.3 is 0 Å². The molecule has 5 nitrogen and oxygen atoms in total.